The molecule has 0 atom stereocenters. The van der Waals surface area contributed by atoms with E-state index in [1.165, 1.54) is 18.3 Å². The summed E-state index contributed by atoms with van der Waals surface area (Å²) in [6.45, 7) is 5.21. The Morgan fingerprint density at radius 1 is 1.12 bits per heavy atom. The maximum Gasteiger partial charge on any atom is 0.255 e. The zero-order valence-corrected chi connectivity index (χ0v) is 23.6. The van der Waals surface area contributed by atoms with Gasteiger partial charge in [-0.3, -0.25) is 15.2 Å². The van der Waals surface area contributed by atoms with Crippen LogP contribution in [0.5, 0.6) is 0 Å². The number of aryl methyl sites for hydroxylation is 1. The molecule has 1 N–H and O–H groups in total. The van der Waals surface area contributed by atoms with Gasteiger partial charge in [0.05, 0.1) is 34.5 Å². The van der Waals surface area contributed by atoms with Crippen molar-refractivity contribution in [2.24, 2.45) is 0 Å². The first-order valence-corrected chi connectivity index (χ1v) is 13.8. The van der Waals surface area contributed by atoms with E-state index in [4.69, 9.17) is 10.4 Å². The molecule has 2 aliphatic rings. The number of amides is 1. The minimum atomic E-state index is -0.411. The van der Waals surface area contributed by atoms with Gasteiger partial charge in [0.2, 0.25) is 0 Å². The number of nitrogens with one attached hydrogen (secondary N) is 1. The van der Waals surface area contributed by atoms with Gasteiger partial charge < -0.3 is 9.47 Å². The highest BCUT2D eigenvalue weighted by Crippen LogP contribution is 2.33. The number of hydrogen-bond donors (Lipinski definition) is 1. The smallest absolute Gasteiger partial charge is 0.255 e. The number of allylic oxidation sites excluding steroid dienone is 1. The molecule has 1 aliphatic heterocycles. The van der Waals surface area contributed by atoms with Gasteiger partial charge in [0, 0.05) is 42.8 Å². The lowest BCUT2D eigenvalue weighted by Gasteiger charge is -2.32. The highest BCUT2D eigenvalue weighted by molar-refractivity contribution is 6.10. The predicted octanol–water partition coefficient (Wildman–Crippen LogP) is 6.74. The van der Waals surface area contributed by atoms with Crippen LogP contribution in [0.2, 0.25) is 0 Å². The Labute approximate surface area is 243 Å². The maximum absolute atomic E-state index is 13.6. The number of carbonyl (C=O) groups is 1. The van der Waals surface area contributed by atoms with E-state index in [1.807, 2.05) is 36.1 Å². The summed E-state index contributed by atoms with van der Waals surface area (Å²) in [6, 6.07) is 15.6. The van der Waals surface area contributed by atoms with E-state index in [0.717, 1.165) is 35.3 Å². The molecule has 0 unspecified atom stereocenters. The number of nitrogens with zero attached hydrogens (tertiary/aromatic N) is 4. The third kappa shape index (κ3) is 5.93. The number of benzene rings is 2. The zero-order valence-electron chi connectivity index (χ0n) is 23.6. The molecular formula is C34H31F2N5O. The van der Waals surface area contributed by atoms with Crippen LogP contribution in [-0.2, 0) is 6.54 Å². The Morgan fingerprint density at radius 3 is 2.50 bits per heavy atom. The fourth-order valence-electron chi connectivity index (χ4n) is 5.48. The summed E-state index contributed by atoms with van der Waals surface area (Å²) in [7, 11) is 0. The molecule has 2 aromatic heterocycles. The molecule has 1 amide bonds. The molecule has 1 fully saturated rings. The van der Waals surface area contributed by atoms with Gasteiger partial charge in [-0.05, 0) is 62.6 Å². The number of pyridine rings is 1. The lowest BCUT2D eigenvalue weighted by molar-refractivity contribution is 0.0710. The fourth-order valence-corrected chi connectivity index (χ4v) is 5.48. The second-order valence-electron chi connectivity index (χ2n) is 10.5. The van der Waals surface area contributed by atoms with Crippen LogP contribution in [0.15, 0.2) is 77.9 Å². The number of likely N-dealkylation sites (tertiary alicyclic amines) is 1. The normalized spacial score (nSPS) is 14.7. The molecule has 1 saturated heterocycles. The van der Waals surface area contributed by atoms with E-state index >= 15 is 0 Å². The Kier molecular flexibility index (Phi) is 8.42. The SMILES string of the molecule is C#CC.Cc1cc(C(=O)N2CCC(c3nc4ccccc4n3CC3=C=C(F)C3)CC2)cnc1C(=N)c1cccc(F)c1. The van der Waals surface area contributed by atoms with E-state index in [2.05, 4.69) is 27.6 Å². The van der Waals surface area contributed by atoms with Crippen molar-refractivity contribution in [3.05, 3.63) is 112 Å². The average Bonchev–Trinajstić information content (AvgIpc) is 3.34. The highest BCUT2D eigenvalue weighted by atomic mass is 19.1. The molecule has 0 spiro atoms. The van der Waals surface area contributed by atoms with Crippen molar-refractivity contribution in [3.8, 4) is 12.3 Å². The van der Waals surface area contributed by atoms with Crippen molar-refractivity contribution >= 4 is 22.7 Å². The van der Waals surface area contributed by atoms with E-state index in [1.54, 1.807) is 25.1 Å². The minimum absolute atomic E-state index is 0.0957. The number of terminal acetylenes is 1. The molecule has 42 heavy (non-hydrogen) atoms. The minimum Gasteiger partial charge on any atom is -0.339 e. The van der Waals surface area contributed by atoms with E-state index in [0.29, 0.717) is 48.4 Å². The van der Waals surface area contributed by atoms with E-state index in [-0.39, 0.29) is 23.4 Å². The first kappa shape index (κ1) is 28.7. The third-order valence-electron chi connectivity index (χ3n) is 7.54. The van der Waals surface area contributed by atoms with Crippen LogP contribution in [-0.4, -0.2) is 44.1 Å². The number of para-hydroxylation sites is 2. The molecule has 8 heteroatoms. The molecular weight excluding hydrogens is 532 g/mol. The van der Waals surface area contributed by atoms with Crippen molar-refractivity contribution < 1.29 is 13.6 Å². The van der Waals surface area contributed by atoms with Crippen molar-refractivity contribution in [2.45, 2.75) is 45.6 Å². The van der Waals surface area contributed by atoms with Gasteiger partial charge in [-0.15, -0.1) is 12.3 Å². The molecule has 2 aromatic carbocycles. The largest absolute Gasteiger partial charge is 0.339 e. The molecule has 1 aliphatic carbocycles. The molecule has 3 heterocycles. The zero-order chi connectivity index (χ0) is 29.8. The topological polar surface area (TPSA) is 74.9 Å². The van der Waals surface area contributed by atoms with Gasteiger partial charge in [-0.25, -0.2) is 13.8 Å². The molecule has 212 valence electrons. The summed E-state index contributed by atoms with van der Waals surface area (Å²) >= 11 is 0. The third-order valence-corrected chi connectivity index (χ3v) is 7.54. The summed E-state index contributed by atoms with van der Waals surface area (Å²) < 4.78 is 29.1. The predicted molar refractivity (Wildman–Crippen MR) is 160 cm³/mol. The summed E-state index contributed by atoms with van der Waals surface area (Å²) in [5.74, 6) is 2.70. The van der Waals surface area contributed by atoms with Crippen LogP contribution in [0.3, 0.4) is 0 Å². The second kappa shape index (κ2) is 12.3. The molecule has 0 bridgehead atoms. The summed E-state index contributed by atoms with van der Waals surface area (Å²) in [4.78, 5) is 24.5. The van der Waals surface area contributed by atoms with E-state index in [9.17, 15) is 13.6 Å². The standard InChI is InChI=1S/C31H27F2N5O.C3H4/c1-19-13-23(17-35-29(19)28(34)22-5-4-6-24(32)16-22)31(39)37-11-9-21(10-12-37)30-36-26-7-2-3-8-27(26)38(30)18-20-14-25(33)15-20;1-3-2/h2-8,13,16-17,21,34H,9-12,14,18H2,1H3;1H,2H3. The van der Waals surface area contributed by atoms with Crippen LogP contribution >= 0.6 is 0 Å². The number of halogens is 2. The second-order valence-corrected chi connectivity index (χ2v) is 10.5. The first-order chi connectivity index (χ1) is 20.3. The van der Waals surface area contributed by atoms with Gasteiger partial charge in [0.1, 0.15) is 17.5 Å². The van der Waals surface area contributed by atoms with Crippen LogP contribution in [0, 0.1) is 30.5 Å². The van der Waals surface area contributed by atoms with Gasteiger partial charge in [-0.1, -0.05) is 30.0 Å². The fraction of sp³-hybridized carbons (Fsp3) is 0.265. The lowest BCUT2D eigenvalue weighted by Crippen LogP contribution is -2.38. The van der Waals surface area contributed by atoms with Crippen LogP contribution < -0.4 is 0 Å². The van der Waals surface area contributed by atoms with Crippen molar-refractivity contribution in [2.75, 3.05) is 13.1 Å². The number of imidazole rings is 1. The average molecular weight is 564 g/mol. The van der Waals surface area contributed by atoms with Crippen molar-refractivity contribution in [3.63, 3.8) is 0 Å². The quantitative estimate of drug-likeness (QED) is 0.160. The van der Waals surface area contributed by atoms with Crippen LogP contribution in [0.25, 0.3) is 11.0 Å². The van der Waals surface area contributed by atoms with Crippen molar-refractivity contribution in [1.29, 1.82) is 5.41 Å². The summed E-state index contributed by atoms with van der Waals surface area (Å²) in [6.07, 6.45) is 7.98. The van der Waals surface area contributed by atoms with Gasteiger partial charge in [0.15, 0.2) is 0 Å². The lowest BCUT2D eigenvalue weighted by atomic mass is 9.95. The van der Waals surface area contributed by atoms with Crippen molar-refractivity contribution in [1.82, 2.24) is 19.4 Å². The Morgan fingerprint density at radius 2 is 1.83 bits per heavy atom. The van der Waals surface area contributed by atoms with Gasteiger partial charge in [-0.2, -0.15) is 0 Å². The molecule has 0 radical (unpaired) electrons. The number of fused-ring (bicyclic) bond motifs is 1. The van der Waals surface area contributed by atoms with Gasteiger partial charge >= 0.3 is 0 Å². The summed E-state index contributed by atoms with van der Waals surface area (Å²) in [5, 5.41) is 8.45. The van der Waals surface area contributed by atoms with Crippen LogP contribution in [0.1, 0.15) is 65.1 Å². The number of rotatable bonds is 6. The Balaban J connectivity index is 0.00000113. The number of piperidine rings is 1. The molecule has 0 saturated carbocycles. The number of hydrogen-bond acceptors (Lipinski definition) is 4. The van der Waals surface area contributed by atoms with Crippen LogP contribution in [0.4, 0.5) is 8.78 Å². The molecule has 6 nitrogen and oxygen atoms in total. The molecule has 4 aromatic rings. The highest BCUT2D eigenvalue weighted by Gasteiger charge is 2.29. The Hall–Kier alpha value is -4.86. The first-order valence-electron chi connectivity index (χ1n) is 13.8. The molecule has 6 rings (SSSR count). The van der Waals surface area contributed by atoms with E-state index < -0.39 is 5.82 Å². The number of carbonyl (C=O) groups excluding carboxylic acids is 1. The number of aromatic nitrogens is 3. The maximum atomic E-state index is 13.6. The van der Waals surface area contributed by atoms with Gasteiger partial charge in [0.25, 0.3) is 5.91 Å². The summed E-state index contributed by atoms with van der Waals surface area (Å²) in [5.41, 5.74) is 7.78. The Bertz CT molecular complexity index is 1780. The monoisotopic (exact) mass is 563 g/mol.